The van der Waals surface area contributed by atoms with Crippen LogP contribution in [0.1, 0.15) is 17.8 Å². The lowest BCUT2D eigenvalue weighted by molar-refractivity contribution is 0.314. The molecule has 100 valence electrons. The Kier molecular flexibility index (Phi) is 4.05. The molecule has 5 heteroatoms. The number of halogens is 1. The van der Waals surface area contributed by atoms with E-state index in [0.29, 0.717) is 0 Å². The van der Waals surface area contributed by atoms with Gasteiger partial charge in [0, 0.05) is 16.8 Å². The van der Waals surface area contributed by atoms with Crippen molar-refractivity contribution in [2.24, 2.45) is 0 Å². The van der Waals surface area contributed by atoms with Gasteiger partial charge in [-0.1, -0.05) is 15.9 Å². The molecule has 3 rings (SSSR count). The standard InChI is InChI=1S/C14H14BrNOS2/c1-9-16-13-12(19-9)8-11(17-6-3-2-5-15)10-4-7-18-14(10)13/h4,7-8H,2-3,5-6H2,1H3. The molecule has 0 fully saturated rings. The summed E-state index contributed by atoms with van der Waals surface area (Å²) in [7, 11) is 0. The first-order chi connectivity index (χ1) is 9.29. The zero-order chi connectivity index (χ0) is 13.2. The molecule has 0 spiro atoms. The molecular formula is C14H14BrNOS2. The number of unbranched alkanes of at least 4 members (excludes halogenated alkanes) is 1. The molecule has 0 radical (unpaired) electrons. The first-order valence-electron chi connectivity index (χ1n) is 6.25. The van der Waals surface area contributed by atoms with Crippen LogP contribution in [0.15, 0.2) is 17.5 Å². The predicted molar refractivity (Wildman–Crippen MR) is 88.3 cm³/mol. The van der Waals surface area contributed by atoms with Gasteiger partial charge in [0.2, 0.25) is 0 Å². The Morgan fingerprint density at radius 3 is 3.11 bits per heavy atom. The van der Waals surface area contributed by atoms with Crippen LogP contribution < -0.4 is 4.74 Å². The molecule has 0 N–H and O–H groups in total. The Morgan fingerprint density at radius 2 is 2.26 bits per heavy atom. The number of rotatable bonds is 5. The third kappa shape index (κ3) is 2.64. The van der Waals surface area contributed by atoms with Crippen molar-refractivity contribution in [2.45, 2.75) is 19.8 Å². The van der Waals surface area contributed by atoms with Gasteiger partial charge in [-0.3, -0.25) is 0 Å². The highest BCUT2D eigenvalue weighted by Gasteiger charge is 2.12. The minimum atomic E-state index is 0.778. The molecule has 0 saturated heterocycles. The minimum absolute atomic E-state index is 0.778. The molecule has 2 nitrogen and oxygen atoms in total. The molecule has 19 heavy (non-hydrogen) atoms. The van der Waals surface area contributed by atoms with Gasteiger partial charge in [-0.05, 0) is 31.2 Å². The summed E-state index contributed by atoms with van der Waals surface area (Å²) in [5, 5.41) is 5.46. The number of alkyl halides is 1. The normalized spacial score (nSPS) is 11.5. The summed E-state index contributed by atoms with van der Waals surface area (Å²) in [4.78, 5) is 4.63. The van der Waals surface area contributed by atoms with Crippen molar-refractivity contribution in [3.8, 4) is 5.75 Å². The van der Waals surface area contributed by atoms with Crippen molar-refractivity contribution < 1.29 is 4.74 Å². The number of nitrogens with zero attached hydrogens (tertiary/aromatic N) is 1. The fourth-order valence-electron chi connectivity index (χ4n) is 2.08. The number of aryl methyl sites for hydroxylation is 1. The average molecular weight is 356 g/mol. The third-order valence-corrected chi connectivity index (χ3v) is 5.35. The summed E-state index contributed by atoms with van der Waals surface area (Å²) < 4.78 is 8.43. The second kappa shape index (κ2) is 5.77. The first kappa shape index (κ1) is 13.3. The van der Waals surface area contributed by atoms with Gasteiger partial charge in [-0.25, -0.2) is 4.98 Å². The van der Waals surface area contributed by atoms with Gasteiger partial charge in [0.15, 0.2) is 0 Å². The number of thiazole rings is 1. The molecule has 2 heterocycles. The maximum Gasteiger partial charge on any atom is 0.129 e. The number of hydrogen-bond donors (Lipinski definition) is 0. The summed E-state index contributed by atoms with van der Waals surface area (Å²) in [6.45, 7) is 2.83. The molecule has 0 saturated carbocycles. The van der Waals surface area contributed by atoms with Gasteiger partial charge < -0.3 is 4.74 Å². The number of thiophene rings is 1. The quantitative estimate of drug-likeness (QED) is 0.453. The fourth-order valence-corrected chi connectivity index (χ4v) is 4.31. The molecule has 0 unspecified atom stereocenters. The van der Waals surface area contributed by atoms with Crippen LogP contribution in [-0.4, -0.2) is 16.9 Å². The summed E-state index contributed by atoms with van der Waals surface area (Å²) in [5.74, 6) is 1.00. The summed E-state index contributed by atoms with van der Waals surface area (Å²) in [6.07, 6.45) is 2.23. The van der Waals surface area contributed by atoms with Crippen molar-refractivity contribution in [3.05, 3.63) is 22.5 Å². The largest absolute Gasteiger partial charge is 0.493 e. The van der Waals surface area contributed by atoms with Crippen molar-refractivity contribution in [1.29, 1.82) is 0 Å². The highest BCUT2D eigenvalue weighted by atomic mass is 79.9. The lowest BCUT2D eigenvalue weighted by Gasteiger charge is -2.07. The molecule has 1 aromatic carbocycles. The van der Waals surface area contributed by atoms with E-state index in [0.717, 1.165) is 41.1 Å². The van der Waals surface area contributed by atoms with E-state index in [2.05, 4.69) is 45.4 Å². The molecule has 2 aromatic heterocycles. The van der Waals surface area contributed by atoms with E-state index in [9.17, 15) is 0 Å². The fraction of sp³-hybridized carbons (Fsp3) is 0.357. The monoisotopic (exact) mass is 355 g/mol. The Bertz CT molecular complexity index is 704. The number of ether oxygens (including phenoxy) is 1. The van der Waals surface area contributed by atoms with Crippen LogP contribution in [-0.2, 0) is 0 Å². The second-order valence-electron chi connectivity index (χ2n) is 4.36. The van der Waals surface area contributed by atoms with Crippen molar-refractivity contribution in [3.63, 3.8) is 0 Å². The number of hydrogen-bond acceptors (Lipinski definition) is 4. The van der Waals surface area contributed by atoms with E-state index in [1.807, 2.05) is 0 Å². The van der Waals surface area contributed by atoms with E-state index >= 15 is 0 Å². The van der Waals surface area contributed by atoms with E-state index < -0.39 is 0 Å². The lowest BCUT2D eigenvalue weighted by atomic mass is 10.2. The molecule has 0 aliphatic rings. The van der Waals surface area contributed by atoms with Crippen LogP contribution in [0.4, 0.5) is 0 Å². The highest BCUT2D eigenvalue weighted by Crippen LogP contribution is 2.38. The van der Waals surface area contributed by atoms with E-state index in [1.165, 1.54) is 14.8 Å². The number of benzene rings is 1. The highest BCUT2D eigenvalue weighted by molar-refractivity contribution is 9.09. The van der Waals surface area contributed by atoms with Crippen LogP contribution >= 0.6 is 38.6 Å². The second-order valence-corrected chi connectivity index (χ2v) is 7.31. The van der Waals surface area contributed by atoms with E-state index in [4.69, 9.17) is 4.74 Å². The molecule has 0 bridgehead atoms. The van der Waals surface area contributed by atoms with Crippen LogP contribution in [0.5, 0.6) is 5.75 Å². The summed E-state index contributed by atoms with van der Waals surface area (Å²) in [5.41, 5.74) is 1.13. The van der Waals surface area contributed by atoms with Gasteiger partial charge in [0.05, 0.1) is 26.5 Å². The minimum Gasteiger partial charge on any atom is -0.493 e. The zero-order valence-corrected chi connectivity index (χ0v) is 13.8. The zero-order valence-electron chi connectivity index (χ0n) is 10.6. The predicted octanol–water partition coefficient (Wildman–Crippen LogP) is 5.37. The van der Waals surface area contributed by atoms with E-state index in [1.54, 1.807) is 22.7 Å². The maximum absolute atomic E-state index is 5.96. The third-order valence-electron chi connectivity index (χ3n) is 2.95. The van der Waals surface area contributed by atoms with Gasteiger partial charge >= 0.3 is 0 Å². The smallest absolute Gasteiger partial charge is 0.129 e. The Balaban J connectivity index is 1.99. The molecule has 0 amide bonds. The summed E-state index contributed by atoms with van der Waals surface area (Å²) >= 11 is 6.93. The lowest BCUT2D eigenvalue weighted by Crippen LogP contribution is -1.97. The number of fused-ring (bicyclic) bond motifs is 3. The molecule has 0 atom stereocenters. The van der Waals surface area contributed by atoms with Crippen LogP contribution in [0, 0.1) is 6.92 Å². The van der Waals surface area contributed by atoms with Gasteiger partial charge in [0.1, 0.15) is 5.75 Å². The first-order valence-corrected chi connectivity index (χ1v) is 9.07. The van der Waals surface area contributed by atoms with Gasteiger partial charge in [-0.2, -0.15) is 0 Å². The Hall–Kier alpha value is -0.650. The van der Waals surface area contributed by atoms with Crippen LogP contribution in [0.3, 0.4) is 0 Å². The van der Waals surface area contributed by atoms with Crippen molar-refractivity contribution >= 4 is 58.9 Å². The SMILES string of the molecule is Cc1nc2c(cc(OCCCCBr)c3ccsc32)s1. The number of aromatic nitrogens is 1. The maximum atomic E-state index is 5.96. The Morgan fingerprint density at radius 1 is 1.37 bits per heavy atom. The van der Waals surface area contributed by atoms with Crippen molar-refractivity contribution in [2.75, 3.05) is 11.9 Å². The van der Waals surface area contributed by atoms with Gasteiger partial charge in [0.25, 0.3) is 0 Å². The Labute approximate surface area is 128 Å². The van der Waals surface area contributed by atoms with E-state index in [-0.39, 0.29) is 0 Å². The van der Waals surface area contributed by atoms with Crippen LogP contribution in [0.25, 0.3) is 20.3 Å². The summed E-state index contributed by atoms with van der Waals surface area (Å²) in [6, 6.07) is 4.27. The molecule has 3 aromatic rings. The molecule has 0 aliphatic heterocycles. The average Bonchev–Trinajstić information content (AvgIpc) is 2.99. The molecule has 0 aliphatic carbocycles. The topological polar surface area (TPSA) is 22.1 Å². The van der Waals surface area contributed by atoms with Gasteiger partial charge in [-0.15, -0.1) is 22.7 Å². The molecular weight excluding hydrogens is 342 g/mol. The van der Waals surface area contributed by atoms with Crippen LogP contribution in [0.2, 0.25) is 0 Å². The van der Waals surface area contributed by atoms with Crippen molar-refractivity contribution in [1.82, 2.24) is 4.98 Å².